The van der Waals surface area contributed by atoms with Gasteiger partial charge in [0.1, 0.15) is 12.0 Å². The van der Waals surface area contributed by atoms with Gasteiger partial charge < -0.3 is 9.26 Å². The summed E-state index contributed by atoms with van der Waals surface area (Å²) in [6.45, 7) is 2.22. The minimum Gasteiger partial charge on any atom is -0.485 e. The molecule has 5 nitrogen and oxygen atoms in total. The maximum atomic E-state index is 10.6. The summed E-state index contributed by atoms with van der Waals surface area (Å²) in [6, 6.07) is 14.7. The summed E-state index contributed by atoms with van der Waals surface area (Å²) in [5, 5.41) is 3.90. The number of ether oxygens (including phenoxy) is 1. The van der Waals surface area contributed by atoms with Gasteiger partial charge in [-0.2, -0.15) is 4.98 Å². The zero-order valence-corrected chi connectivity index (χ0v) is 12.0. The standard InChI is InChI=1S/C17H14N2O3/c1-12-2-6-14(7-3-12)17-18-16(19-22-17)11-21-15-8-4-13(10-20)5-9-15/h2-10H,11H2,1H3. The lowest BCUT2D eigenvalue weighted by Gasteiger charge is -2.02. The Morgan fingerprint density at radius 2 is 1.82 bits per heavy atom. The molecule has 0 aliphatic carbocycles. The van der Waals surface area contributed by atoms with Gasteiger partial charge in [0.25, 0.3) is 5.89 Å². The zero-order valence-electron chi connectivity index (χ0n) is 12.0. The molecule has 22 heavy (non-hydrogen) atoms. The molecule has 3 rings (SSSR count). The molecule has 0 amide bonds. The third kappa shape index (κ3) is 3.20. The lowest BCUT2D eigenvalue weighted by atomic mass is 10.1. The first-order chi connectivity index (χ1) is 10.7. The number of hydrogen-bond donors (Lipinski definition) is 0. The van der Waals surface area contributed by atoms with Gasteiger partial charge in [-0.25, -0.2) is 0 Å². The van der Waals surface area contributed by atoms with E-state index in [1.165, 1.54) is 5.56 Å². The Morgan fingerprint density at radius 1 is 1.09 bits per heavy atom. The highest BCUT2D eigenvalue weighted by Gasteiger charge is 2.09. The van der Waals surface area contributed by atoms with Crippen molar-refractivity contribution in [2.45, 2.75) is 13.5 Å². The molecule has 0 aliphatic rings. The average molecular weight is 294 g/mol. The SMILES string of the molecule is Cc1ccc(-c2nc(COc3ccc(C=O)cc3)no2)cc1. The minimum absolute atomic E-state index is 0.204. The van der Waals surface area contributed by atoms with E-state index in [1.807, 2.05) is 31.2 Å². The second-order valence-electron chi connectivity index (χ2n) is 4.86. The second-order valence-corrected chi connectivity index (χ2v) is 4.86. The monoisotopic (exact) mass is 294 g/mol. The van der Waals surface area contributed by atoms with Crippen LogP contribution in [0.3, 0.4) is 0 Å². The molecular weight excluding hydrogens is 280 g/mol. The Bertz CT molecular complexity index is 761. The minimum atomic E-state index is 0.204. The maximum absolute atomic E-state index is 10.6. The van der Waals surface area contributed by atoms with Crippen molar-refractivity contribution in [1.82, 2.24) is 10.1 Å². The van der Waals surface area contributed by atoms with Crippen LogP contribution in [0.25, 0.3) is 11.5 Å². The number of rotatable bonds is 5. The molecule has 110 valence electrons. The van der Waals surface area contributed by atoms with Crippen molar-refractivity contribution in [3.63, 3.8) is 0 Å². The van der Waals surface area contributed by atoms with Crippen molar-refractivity contribution in [3.8, 4) is 17.2 Å². The number of nitrogens with zero attached hydrogens (tertiary/aromatic N) is 2. The number of aldehydes is 1. The molecule has 0 fully saturated rings. The summed E-state index contributed by atoms with van der Waals surface area (Å²) in [4.78, 5) is 14.9. The molecule has 2 aromatic carbocycles. The van der Waals surface area contributed by atoms with Gasteiger partial charge in [-0.15, -0.1) is 0 Å². The molecule has 3 aromatic rings. The zero-order chi connectivity index (χ0) is 15.4. The van der Waals surface area contributed by atoms with Gasteiger partial charge in [-0.05, 0) is 43.3 Å². The predicted octanol–water partition coefficient (Wildman–Crippen LogP) is 3.44. The van der Waals surface area contributed by atoms with Gasteiger partial charge in [0, 0.05) is 11.1 Å². The fourth-order valence-corrected chi connectivity index (χ4v) is 1.92. The quantitative estimate of drug-likeness (QED) is 0.674. The third-order valence-electron chi connectivity index (χ3n) is 3.15. The number of hydrogen-bond acceptors (Lipinski definition) is 5. The molecule has 1 aromatic heterocycles. The Labute approximate surface area is 127 Å². The molecule has 0 unspecified atom stereocenters. The maximum Gasteiger partial charge on any atom is 0.258 e. The van der Waals surface area contributed by atoms with Crippen LogP contribution in [-0.2, 0) is 6.61 Å². The molecule has 0 aliphatic heterocycles. The van der Waals surface area contributed by atoms with Gasteiger partial charge in [0.05, 0.1) is 0 Å². The Hall–Kier alpha value is -2.95. The summed E-state index contributed by atoms with van der Waals surface area (Å²) in [6.07, 6.45) is 0.789. The highest BCUT2D eigenvalue weighted by molar-refractivity contribution is 5.74. The van der Waals surface area contributed by atoms with Crippen LogP contribution >= 0.6 is 0 Å². The van der Waals surface area contributed by atoms with E-state index < -0.39 is 0 Å². The van der Waals surface area contributed by atoms with Crippen molar-refractivity contribution in [2.75, 3.05) is 0 Å². The topological polar surface area (TPSA) is 65.2 Å². The molecule has 0 N–H and O–H groups in total. The number of aryl methyl sites for hydroxylation is 1. The normalized spacial score (nSPS) is 10.4. The Kier molecular flexibility index (Phi) is 3.96. The fraction of sp³-hybridized carbons (Fsp3) is 0.118. The summed E-state index contributed by atoms with van der Waals surface area (Å²) < 4.78 is 10.8. The first kappa shape index (κ1) is 14.0. The van der Waals surface area contributed by atoms with Crippen LogP contribution in [0.1, 0.15) is 21.7 Å². The van der Waals surface area contributed by atoms with Crippen molar-refractivity contribution in [3.05, 3.63) is 65.5 Å². The van der Waals surface area contributed by atoms with Crippen LogP contribution < -0.4 is 4.74 Å². The lowest BCUT2D eigenvalue weighted by molar-refractivity contribution is 0.112. The highest BCUT2D eigenvalue weighted by Crippen LogP contribution is 2.18. The first-order valence-electron chi connectivity index (χ1n) is 6.82. The van der Waals surface area contributed by atoms with Crippen molar-refractivity contribution in [1.29, 1.82) is 0 Å². The van der Waals surface area contributed by atoms with Crippen LogP contribution in [0.15, 0.2) is 53.1 Å². The molecular formula is C17H14N2O3. The van der Waals surface area contributed by atoms with E-state index in [0.29, 0.717) is 23.0 Å². The molecule has 1 heterocycles. The lowest BCUT2D eigenvalue weighted by Crippen LogP contribution is -1.97. The molecule has 0 saturated heterocycles. The highest BCUT2D eigenvalue weighted by atomic mass is 16.5. The van der Waals surface area contributed by atoms with Crippen molar-refractivity contribution >= 4 is 6.29 Å². The summed E-state index contributed by atoms with van der Waals surface area (Å²) in [5.41, 5.74) is 2.65. The summed E-state index contributed by atoms with van der Waals surface area (Å²) in [7, 11) is 0. The van der Waals surface area contributed by atoms with E-state index in [1.54, 1.807) is 24.3 Å². The van der Waals surface area contributed by atoms with E-state index in [0.717, 1.165) is 11.8 Å². The summed E-state index contributed by atoms with van der Waals surface area (Å²) >= 11 is 0. The van der Waals surface area contributed by atoms with Crippen molar-refractivity contribution in [2.24, 2.45) is 0 Å². The smallest absolute Gasteiger partial charge is 0.258 e. The number of carbonyl (C=O) groups is 1. The fourth-order valence-electron chi connectivity index (χ4n) is 1.92. The van der Waals surface area contributed by atoms with Crippen LogP contribution in [0, 0.1) is 6.92 Å². The third-order valence-corrected chi connectivity index (χ3v) is 3.15. The number of benzene rings is 2. The van der Waals surface area contributed by atoms with Crippen LogP contribution in [-0.4, -0.2) is 16.4 Å². The molecule has 0 saturated carbocycles. The largest absolute Gasteiger partial charge is 0.485 e. The Balaban J connectivity index is 1.66. The molecule has 0 spiro atoms. The van der Waals surface area contributed by atoms with E-state index in [9.17, 15) is 4.79 Å². The molecule has 0 radical (unpaired) electrons. The van der Waals surface area contributed by atoms with E-state index in [2.05, 4.69) is 10.1 Å². The predicted molar refractivity (Wildman–Crippen MR) is 80.6 cm³/mol. The van der Waals surface area contributed by atoms with E-state index in [-0.39, 0.29) is 6.61 Å². The van der Waals surface area contributed by atoms with Gasteiger partial charge in [0.2, 0.25) is 5.82 Å². The molecule has 5 heteroatoms. The van der Waals surface area contributed by atoms with Gasteiger partial charge >= 0.3 is 0 Å². The number of carbonyl (C=O) groups excluding carboxylic acids is 1. The average Bonchev–Trinajstić information content (AvgIpc) is 3.03. The van der Waals surface area contributed by atoms with Crippen LogP contribution in [0.5, 0.6) is 5.75 Å². The van der Waals surface area contributed by atoms with Crippen molar-refractivity contribution < 1.29 is 14.1 Å². The van der Waals surface area contributed by atoms with Gasteiger partial charge in [-0.3, -0.25) is 4.79 Å². The van der Waals surface area contributed by atoms with Gasteiger partial charge in [0.15, 0.2) is 6.61 Å². The number of aromatic nitrogens is 2. The first-order valence-corrected chi connectivity index (χ1v) is 6.82. The van der Waals surface area contributed by atoms with Gasteiger partial charge in [-0.1, -0.05) is 22.9 Å². The second kappa shape index (κ2) is 6.22. The summed E-state index contributed by atoms with van der Waals surface area (Å²) in [5.74, 6) is 1.58. The van der Waals surface area contributed by atoms with Crippen LogP contribution in [0.2, 0.25) is 0 Å². The van der Waals surface area contributed by atoms with E-state index in [4.69, 9.17) is 9.26 Å². The van der Waals surface area contributed by atoms with Crippen LogP contribution in [0.4, 0.5) is 0 Å². The molecule has 0 bridgehead atoms. The van der Waals surface area contributed by atoms with E-state index >= 15 is 0 Å². The molecule has 0 atom stereocenters. The Morgan fingerprint density at radius 3 is 2.50 bits per heavy atom.